The highest BCUT2D eigenvalue weighted by Crippen LogP contribution is 2.47. The molecule has 0 unspecified atom stereocenters. The topological polar surface area (TPSA) is 81.7 Å². The summed E-state index contributed by atoms with van der Waals surface area (Å²) in [6.07, 6.45) is 0.358. The Hall–Kier alpha value is -2.67. The van der Waals surface area contributed by atoms with E-state index < -0.39 is 35.4 Å². The maximum atomic E-state index is 15.0. The van der Waals surface area contributed by atoms with Crippen LogP contribution in [0.25, 0.3) is 0 Å². The number of Topliss-reactive ketones (excluding diaryl/α,β-unsaturated/α-hetero) is 1. The third kappa shape index (κ3) is 3.62. The van der Waals surface area contributed by atoms with Crippen LogP contribution in [0.5, 0.6) is 0 Å². The number of carbonyl (C=O) groups is 3. The van der Waals surface area contributed by atoms with Gasteiger partial charge in [-0.05, 0) is 38.3 Å². The van der Waals surface area contributed by atoms with Crippen molar-refractivity contribution in [3.8, 4) is 0 Å². The first-order valence-electron chi connectivity index (χ1n) is 9.66. The lowest BCUT2D eigenvalue weighted by Gasteiger charge is -2.38. The molecule has 1 N–H and O–H groups in total. The molecule has 1 aromatic carbocycles. The molecule has 0 fully saturated rings. The van der Waals surface area contributed by atoms with Crippen molar-refractivity contribution in [2.75, 3.05) is 13.7 Å². The Morgan fingerprint density at radius 1 is 1.33 bits per heavy atom. The van der Waals surface area contributed by atoms with E-state index in [9.17, 15) is 18.8 Å². The highest BCUT2D eigenvalue weighted by atomic mass is 35.5. The van der Waals surface area contributed by atoms with Gasteiger partial charge in [-0.1, -0.05) is 24.6 Å². The van der Waals surface area contributed by atoms with Crippen LogP contribution < -0.4 is 5.32 Å². The third-order valence-corrected chi connectivity index (χ3v) is 5.86. The zero-order valence-corrected chi connectivity index (χ0v) is 17.9. The van der Waals surface area contributed by atoms with Crippen LogP contribution in [-0.2, 0) is 23.9 Å². The van der Waals surface area contributed by atoms with Gasteiger partial charge in [0.15, 0.2) is 5.78 Å². The van der Waals surface area contributed by atoms with E-state index in [1.807, 2.05) is 0 Å². The molecular weight excluding hydrogens is 413 g/mol. The summed E-state index contributed by atoms with van der Waals surface area (Å²) in [5.74, 6) is -4.99. The molecule has 0 bridgehead atoms. The fraction of sp³-hybridized carbons (Fsp3) is 0.409. The van der Waals surface area contributed by atoms with Gasteiger partial charge < -0.3 is 14.8 Å². The molecule has 0 saturated carbocycles. The molecule has 2 aliphatic rings. The Kier molecular flexibility index (Phi) is 6.31. The molecule has 6 nitrogen and oxygen atoms in total. The van der Waals surface area contributed by atoms with Crippen molar-refractivity contribution in [1.82, 2.24) is 5.32 Å². The molecule has 0 aromatic heterocycles. The van der Waals surface area contributed by atoms with Gasteiger partial charge in [-0.25, -0.2) is 9.18 Å². The van der Waals surface area contributed by atoms with Crippen molar-refractivity contribution < 1.29 is 28.2 Å². The van der Waals surface area contributed by atoms with Crippen LogP contribution in [0.2, 0.25) is 5.02 Å². The van der Waals surface area contributed by atoms with Crippen LogP contribution in [0.15, 0.2) is 40.7 Å². The predicted octanol–water partition coefficient (Wildman–Crippen LogP) is 3.66. The second kappa shape index (κ2) is 8.60. The number of methoxy groups -OCH3 is 1. The number of dihydropyridines is 1. The maximum Gasteiger partial charge on any atom is 0.336 e. The van der Waals surface area contributed by atoms with Crippen LogP contribution >= 0.6 is 11.6 Å². The Labute approximate surface area is 179 Å². The van der Waals surface area contributed by atoms with Gasteiger partial charge in [0, 0.05) is 27.6 Å². The zero-order chi connectivity index (χ0) is 22.2. The maximum absolute atomic E-state index is 15.0. The van der Waals surface area contributed by atoms with E-state index in [1.54, 1.807) is 20.8 Å². The molecule has 1 aromatic rings. The molecule has 160 valence electrons. The Morgan fingerprint density at radius 2 is 2.03 bits per heavy atom. The van der Waals surface area contributed by atoms with Gasteiger partial charge in [0.25, 0.3) is 0 Å². The van der Waals surface area contributed by atoms with Gasteiger partial charge in [-0.3, -0.25) is 9.59 Å². The summed E-state index contributed by atoms with van der Waals surface area (Å²) in [6, 6.07) is 4.16. The smallest absolute Gasteiger partial charge is 0.336 e. The minimum atomic E-state index is -1.10. The van der Waals surface area contributed by atoms with Crippen molar-refractivity contribution in [3.63, 3.8) is 0 Å². The van der Waals surface area contributed by atoms with Crippen LogP contribution in [0.4, 0.5) is 4.39 Å². The molecule has 1 aliphatic heterocycles. The molecule has 3 atom stereocenters. The quantitative estimate of drug-likeness (QED) is 0.574. The van der Waals surface area contributed by atoms with Crippen molar-refractivity contribution in [3.05, 3.63) is 57.1 Å². The van der Waals surface area contributed by atoms with E-state index >= 15 is 0 Å². The normalized spacial score (nSPS) is 23.7. The number of rotatable bonds is 4. The van der Waals surface area contributed by atoms with Gasteiger partial charge in [0.1, 0.15) is 11.7 Å². The number of halogens is 2. The summed E-state index contributed by atoms with van der Waals surface area (Å²) in [6.45, 7) is 5.20. The fourth-order valence-corrected chi connectivity index (χ4v) is 4.51. The van der Waals surface area contributed by atoms with E-state index in [2.05, 4.69) is 5.32 Å². The average Bonchev–Trinajstić information content (AvgIpc) is 2.67. The molecule has 8 heteroatoms. The number of hydrogen-bond donors (Lipinski definition) is 1. The van der Waals surface area contributed by atoms with E-state index in [1.165, 1.54) is 25.3 Å². The van der Waals surface area contributed by atoms with Gasteiger partial charge in [0.2, 0.25) is 0 Å². The summed E-state index contributed by atoms with van der Waals surface area (Å²) >= 11 is 6.33. The monoisotopic (exact) mass is 435 g/mol. The molecule has 0 saturated heterocycles. The molecule has 1 aliphatic carbocycles. The first-order chi connectivity index (χ1) is 14.2. The lowest BCUT2D eigenvalue weighted by molar-refractivity contribution is -0.151. The third-order valence-electron chi connectivity index (χ3n) is 5.53. The number of hydrogen-bond acceptors (Lipinski definition) is 6. The van der Waals surface area contributed by atoms with Gasteiger partial charge in [-0.2, -0.15) is 0 Å². The molecule has 3 rings (SSSR count). The summed E-state index contributed by atoms with van der Waals surface area (Å²) in [5, 5.41) is 3.18. The number of nitrogens with one attached hydrogen (secondary N) is 1. The van der Waals surface area contributed by atoms with E-state index in [0.29, 0.717) is 17.8 Å². The second-order valence-electron chi connectivity index (χ2n) is 7.39. The minimum absolute atomic E-state index is 0.00193. The van der Waals surface area contributed by atoms with Gasteiger partial charge >= 0.3 is 11.9 Å². The lowest BCUT2D eigenvalue weighted by atomic mass is 9.69. The number of ether oxygens (including phenoxy) is 2. The number of benzene rings is 1. The summed E-state index contributed by atoms with van der Waals surface area (Å²) in [4.78, 5) is 38.6. The molecule has 0 radical (unpaired) electrons. The Morgan fingerprint density at radius 3 is 2.63 bits per heavy atom. The van der Waals surface area contributed by atoms with Crippen LogP contribution in [-0.4, -0.2) is 31.4 Å². The van der Waals surface area contributed by atoms with Crippen LogP contribution in [0.1, 0.15) is 38.7 Å². The standard InChI is InChI=1S/C22H23ClFNO5/c1-5-30-22(28)16-11(3)25-14-9-10(2)15(21(27)29-4)20(26)18(14)19(16)17-12(23)7-6-8-13(17)24/h6-8,10,15,19,25H,5,9H2,1-4H3/t10-,15+,19-/m0/s1. The summed E-state index contributed by atoms with van der Waals surface area (Å²) < 4.78 is 25.0. The van der Waals surface area contributed by atoms with Crippen LogP contribution in [0.3, 0.4) is 0 Å². The minimum Gasteiger partial charge on any atom is -0.468 e. The SMILES string of the molecule is CCOC(=O)C1=C(C)NC2=C(C(=O)[C@H](C(=O)OC)[C@@H](C)C2)[C@@H]1c1c(F)cccc1Cl. The largest absolute Gasteiger partial charge is 0.468 e. The first kappa shape index (κ1) is 22.0. The lowest BCUT2D eigenvalue weighted by Crippen LogP contribution is -2.43. The zero-order valence-electron chi connectivity index (χ0n) is 17.2. The van der Waals surface area contributed by atoms with Gasteiger partial charge in [-0.15, -0.1) is 0 Å². The molecule has 0 amide bonds. The van der Waals surface area contributed by atoms with Crippen molar-refractivity contribution in [1.29, 1.82) is 0 Å². The molecule has 1 heterocycles. The number of esters is 2. The number of allylic oxidation sites excluding steroid dienone is 3. The van der Waals surface area contributed by atoms with Crippen molar-refractivity contribution in [2.45, 2.75) is 33.1 Å². The van der Waals surface area contributed by atoms with E-state index in [-0.39, 0.29) is 34.3 Å². The van der Waals surface area contributed by atoms with E-state index in [0.717, 1.165) is 0 Å². The highest BCUT2D eigenvalue weighted by molar-refractivity contribution is 6.31. The fourth-order valence-electron chi connectivity index (χ4n) is 4.24. The number of ketones is 1. The van der Waals surface area contributed by atoms with Crippen molar-refractivity contribution in [2.24, 2.45) is 11.8 Å². The predicted molar refractivity (Wildman–Crippen MR) is 108 cm³/mol. The van der Waals surface area contributed by atoms with E-state index in [4.69, 9.17) is 21.1 Å². The first-order valence-corrected chi connectivity index (χ1v) is 10.0. The number of carbonyl (C=O) groups excluding carboxylic acids is 3. The molecule has 0 spiro atoms. The highest BCUT2D eigenvalue weighted by Gasteiger charge is 2.48. The summed E-state index contributed by atoms with van der Waals surface area (Å²) in [7, 11) is 1.21. The van der Waals surface area contributed by atoms with Gasteiger partial charge in [0.05, 0.1) is 25.2 Å². The Balaban J connectivity index is 2.26. The average molecular weight is 436 g/mol. The molecular formula is C22H23ClFNO5. The Bertz CT molecular complexity index is 963. The second-order valence-corrected chi connectivity index (χ2v) is 7.80. The summed E-state index contributed by atoms with van der Waals surface area (Å²) in [5.41, 5.74) is 1.23. The van der Waals surface area contributed by atoms with Crippen LogP contribution in [0, 0.1) is 17.7 Å². The van der Waals surface area contributed by atoms with Crippen molar-refractivity contribution >= 4 is 29.3 Å². The molecule has 30 heavy (non-hydrogen) atoms.